The number of nitrogens with zero attached hydrogens (tertiary/aromatic N) is 2. The van der Waals surface area contributed by atoms with E-state index in [0.717, 1.165) is 13.0 Å². The van der Waals surface area contributed by atoms with Gasteiger partial charge in [-0.05, 0) is 18.6 Å². The van der Waals surface area contributed by atoms with Gasteiger partial charge >= 0.3 is 0 Å². The van der Waals surface area contributed by atoms with Gasteiger partial charge in [-0.25, -0.2) is 0 Å². The van der Waals surface area contributed by atoms with Crippen LogP contribution in [-0.2, 0) is 4.79 Å². The molecule has 1 aliphatic heterocycles. The Morgan fingerprint density at radius 1 is 1.50 bits per heavy atom. The highest BCUT2D eigenvalue weighted by Gasteiger charge is 2.19. The maximum atomic E-state index is 11.4. The molecule has 1 aromatic carbocycles. The summed E-state index contributed by atoms with van der Waals surface area (Å²) in [4.78, 5) is 13.2. The Hall–Kier alpha value is -2.22. The molecule has 18 heavy (non-hydrogen) atoms. The Morgan fingerprint density at radius 3 is 3.00 bits per heavy atom. The van der Waals surface area contributed by atoms with Gasteiger partial charge in [-0.1, -0.05) is 6.07 Å². The molecule has 5 heteroatoms. The molecule has 0 radical (unpaired) electrons. The summed E-state index contributed by atoms with van der Waals surface area (Å²) in [5.41, 5.74) is 6.44. The molecule has 1 heterocycles. The van der Waals surface area contributed by atoms with Crippen LogP contribution >= 0.6 is 0 Å². The van der Waals surface area contributed by atoms with Crippen molar-refractivity contribution in [2.24, 2.45) is 0 Å². The molecule has 1 aliphatic rings. The van der Waals surface area contributed by atoms with Gasteiger partial charge in [0.15, 0.2) is 0 Å². The van der Waals surface area contributed by atoms with Crippen molar-refractivity contribution in [3.05, 3.63) is 23.8 Å². The fraction of sp³-hybridized carbons (Fsp3) is 0.385. The molecular weight excluding hydrogens is 230 g/mol. The summed E-state index contributed by atoms with van der Waals surface area (Å²) >= 11 is 0. The molecule has 1 aromatic rings. The van der Waals surface area contributed by atoms with Crippen molar-refractivity contribution in [2.75, 3.05) is 25.4 Å². The average Bonchev–Trinajstić information content (AvgIpc) is 2.75. The second-order valence-electron chi connectivity index (χ2n) is 4.16. The van der Waals surface area contributed by atoms with Gasteiger partial charge in [-0.15, -0.1) is 0 Å². The molecule has 2 rings (SSSR count). The third-order valence-electron chi connectivity index (χ3n) is 2.96. The summed E-state index contributed by atoms with van der Waals surface area (Å²) in [6.07, 6.45) is 1.54. The minimum Gasteiger partial charge on any atom is -0.490 e. The summed E-state index contributed by atoms with van der Waals surface area (Å²) < 4.78 is 5.52. The Bertz CT molecular complexity index is 493. The van der Waals surface area contributed by atoms with E-state index in [9.17, 15) is 4.79 Å². The number of amides is 1. The van der Waals surface area contributed by atoms with Gasteiger partial charge < -0.3 is 15.4 Å². The van der Waals surface area contributed by atoms with E-state index in [1.165, 1.54) is 0 Å². The first-order chi connectivity index (χ1) is 8.72. The predicted octanol–water partition coefficient (Wildman–Crippen LogP) is 1.14. The molecule has 0 aliphatic carbocycles. The number of likely N-dealkylation sites (tertiary alicyclic amines) is 1. The average molecular weight is 245 g/mol. The molecular formula is C13H15N3O2. The monoisotopic (exact) mass is 245 g/mol. The number of hydrogen-bond acceptors (Lipinski definition) is 4. The zero-order chi connectivity index (χ0) is 13.0. The number of benzene rings is 1. The van der Waals surface area contributed by atoms with E-state index in [0.29, 0.717) is 36.6 Å². The molecule has 0 spiro atoms. The van der Waals surface area contributed by atoms with Crippen LogP contribution in [0.25, 0.3) is 0 Å². The molecule has 5 nitrogen and oxygen atoms in total. The number of carbonyl (C=O) groups excluding carboxylic acids is 1. The summed E-state index contributed by atoms with van der Waals surface area (Å²) in [5.74, 6) is 0.649. The van der Waals surface area contributed by atoms with Crippen LogP contribution < -0.4 is 10.5 Å². The SMILES string of the molecule is N#Cc1c(N)cccc1OCCN1CCCC1=O. The minimum atomic E-state index is 0.173. The Morgan fingerprint density at radius 2 is 2.33 bits per heavy atom. The van der Waals surface area contributed by atoms with E-state index in [2.05, 4.69) is 0 Å². The first-order valence-corrected chi connectivity index (χ1v) is 5.91. The zero-order valence-electron chi connectivity index (χ0n) is 10.1. The van der Waals surface area contributed by atoms with Gasteiger partial charge in [0.2, 0.25) is 5.91 Å². The fourth-order valence-electron chi connectivity index (χ4n) is 1.99. The quantitative estimate of drug-likeness (QED) is 0.807. The lowest BCUT2D eigenvalue weighted by Gasteiger charge is -2.16. The van der Waals surface area contributed by atoms with E-state index in [1.54, 1.807) is 23.1 Å². The maximum absolute atomic E-state index is 11.4. The number of rotatable bonds is 4. The van der Waals surface area contributed by atoms with Crippen molar-refractivity contribution in [2.45, 2.75) is 12.8 Å². The van der Waals surface area contributed by atoms with Crippen LogP contribution in [0.2, 0.25) is 0 Å². The Kier molecular flexibility index (Phi) is 3.68. The van der Waals surface area contributed by atoms with Crippen molar-refractivity contribution in [1.29, 1.82) is 5.26 Å². The molecule has 0 atom stereocenters. The normalized spacial score (nSPS) is 14.6. The summed E-state index contributed by atoms with van der Waals surface area (Å²) in [5, 5.41) is 8.98. The second-order valence-corrected chi connectivity index (χ2v) is 4.16. The summed E-state index contributed by atoms with van der Waals surface area (Å²) in [6, 6.07) is 7.13. The molecule has 1 saturated heterocycles. The third kappa shape index (κ3) is 2.54. The topological polar surface area (TPSA) is 79.4 Å². The number of nitrogens with two attached hydrogens (primary N) is 1. The standard InChI is InChI=1S/C13H15N3O2/c14-9-10-11(15)3-1-4-12(10)18-8-7-16-6-2-5-13(16)17/h1,3-4H,2,5-8,15H2. The Balaban J connectivity index is 1.93. The third-order valence-corrected chi connectivity index (χ3v) is 2.96. The number of hydrogen-bond donors (Lipinski definition) is 1. The van der Waals surface area contributed by atoms with Crippen LogP contribution in [0.5, 0.6) is 5.75 Å². The van der Waals surface area contributed by atoms with Crippen molar-refractivity contribution >= 4 is 11.6 Å². The highest BCUT2D eigenvalue weighted by Crippen LogP contribution is 2.23. The predicted molar refractivity (Wildman–Crippen MR) is 66.9 cm³/mol. The molecule has 94 valence electrons. The highest BCUT2D eigenvalue weighted by atomic mass is 16.5. The first-order valence-electron chi connectivity index (χ1n) is 5.91. The van der Waals surface area contributed by atoms with E-state index < -0.39 is 0 Å². The molecule has 0 saturated carbocycles. The number of carbonyl (C=O) groups is 1. The van der Waals surface area contributed by atoms with E-state index in [1.807, 2.05) is 6.07 Å². The van der Waals surface area contributed by atoms with E-state index in [-0.39, 0.29) is 5.91 Å². The molecule has 1 fully saturated rings. The number of anilines is 1. The van der Waals surface area contributed by atoms with Crippen molar-refractivity contribution in [3.8, 4) is 11.8 Å². The smallest absolute Gasteiger partial charge is 0.222 e. The summed E-state index contributed by atoms with van der Waals surface area (Å²) in [7, 11) is 0. The van der Waals surface area contributed by atoms with Crippen LogP contribution in [0, 0.1) is 11.3 Å². The second kappa shape index (κ2) is 5.41. The van der Waals surface area contributed by atoms with Gasteiger partial charge in [-0.2, -0.15) is 5.26 Å². The number of ether oxygens (including phenoxy) is 1. The number of nitriles is 1. The fourth-order valence-corrected chi connectivity index (χ4v) is 1.99. The lowest BCUT2D eigenvalue weighted by atomic mass is 10.2. The van der Waals surface area contributed by atoms with Crippen LogP contribution in [0.4, 0.5) is 5.69 Å². The van der Waals surface area contributed by atoms with Crippen LogP contribution in [0.3, 0.4) is 0 Å². The molecule has 0 unspecified atom stereocenters. The summed E-state index contributed by atoms with van der Waals surface area (Å²) in [6.45, 7) is 1.73. The van der Waals surface area contributed by atoms with Gasteiger partial charge in [-0.3, -0.25) is 4.79 Å². The van der Waals surface area contributed by atoms with Crippen molar-refractivity contribution in [3.63, 3.8) is 0 Å². The van der Waals surface area contributed by atoms with Gasteiger partial charge in [0, 0.05) is 13.0 Å². The molecule has 2 N–H and O–H groups in total. The number of nitrogen functional groups attached to an aromatic ring is 1. The van der Waals surface area contributed by atoms with E-state index >= 15 is 0 Å². The van der Waals surface area contributed by atoms with E-state index in [4.69, 9.17) is 15.7 Å². The van der Waals surface area contributed by atoms with Gasteiger partial charge in [0.25, 0.3) is 0 Å². The Labute approximate surface area is 106 Å². The zero-order valence-corrected chi connectivity index (χ0v) is 10.1. The van der Waals surface area contributed by atoms with Gasteiger partial charge in [0.05, 0.1) is 12.2 Å². The van der Waals surface area contributed by atoms with Crippen LogP contribution in [0.1, 0.15) is 18.4 Å². The maximum Gasteiger partial charge on any atom is 0.222 e. The van der Waals surface area contributed by atoms with Crippen molar-refractivity contribution in [1.82, 2.24) is 4.90 Å². The highest BCUT2D eigenvalue weighted by molar-refractivity contribution is 5.78. The first kappa shape index (κ1) is 12.2. The lowest BCUT2D eigenvalue weighted by molar-refractivity contribution is -0.128. The molecule has 1 amide bonds. The largest absolute Gasteiger partial charge is 0.490 e. The van der Waals surface area contributed by atoms with Crippen molar-refractivity contribution < 1.29 is 9.53 Å². The minimum absolute atomic E-state index is 0.173. The molecule has 0 aromatic heterocycles. The van der Waals surface area contributed by atoms with Crippen LogP contribution in [-0.4, -0.2) is 30.5 Å². The lowest BCUT2D eigenvalue weighted by Crippen LogP contribution is -2.29. The molecule has 0 bridgehead atoms. The van der Waals surface area contributed by atoms with Gasteiger partial charge in [0.1, 0.15) is 24.0 Å². The van der Waals surface area contributed by atoms with Crippen LogP contribution in [0.15, 0.2) is 18.2 Å².